The smallest absolute Gasteiger partial charge is 0.240 e. The number of rotatable bonds is 9. The quantitative estimate of drug-likeness (QED) is 0.519. The molecule has 0 radical (unpaired) electrons. The molecule has 1 heterocycles. The first kappa shape index (κ1) is 21.8. The molecule has 1 aromatic heterocycles. The maximum absolute atomic E-state index is 12.9. The average Bonchev–Trinajstić information content (AvgIpc) is 3.15. The monoisotopic (exact) mass is 450 g/mol. The Balaban J connectivity index is 1.50. The Morgan fingerprint density at radius 1 is 1.13 bits per heavy atom. The standard InChI is InChI=1S/C19H19FN4O4S2/c1-28-16-5-3-2-4-13(16)12-18-23-24-19(29-18)22-17(25)10-11-21-30(26,27)15-8-6-14(20)7-9-15/h2-9,21H,10-12H2,1H3,(H,22,24,25). The number of sulfonamides is 1. The van der Waals surface area contributed by atoms with Gasteiger partial charge < -0.3 is 10.1 Å². The number of carbonyl (C=O) groups is 1. The van der Waals surface area contributed by atoms with E-state index >= 15 is 0 Å². The third-order valence-corrected chi connectivity index (χ3v) is 6.33. The fourth-order valence-electron chi connectivity index (χ4n) is 2.57. The van der Waals surface area contributed by atoms with E-state index < -0.39 is 21.7 Å². The molecule has 2 N–H and O–H groups in total. The lowest BCUT2D eigenvalue weighted by Gasteiger charge is -2.06. The molecule has 0 saturated heterocycles. The number of halogens is 1. The van der Waals surface area contributed by atoms with E-state index in [4.69, 9.17) is 4.74 Å². The summed E-state index contributed by atoms with van der Waals surface area (Å²) < 4.78 is 44.8. The first-order valence-corrected chi connectivity index (χ1v) is 11.2. The van der Waals surface area contributed by atoms with Crippen molar-refractivity contribution in [1.29, 1.82) is 0 Å². The van der Waals surface area contributed by atoms with Crippen LogP contribution in [0.4, 0.5) is 9.52 Å². The number of anilines is 1. The van der Waals surface area contributed by atoms with Crippen molar-refractivity contribution in [3.05, 3.63) is 64.9 Å². The number of hydrogen-bond donors (Lipinski definition) is 2. The third kappa shape index (κ3) is 5.81. The highest BCUT2D eigenvalue weighted by molar-refractivity contribution is 7.89. The highest BCUT2D eigenvalue weighted by Crippen LogP contribution is 2.24. The summed E-state index contributed by atoms with van der Waals surface area (Å²) in [6, 6.07) is 12.0. The Morgan fingerprint density at radius 2 is 1.87 bits per heavy atom. The second kappa shape index (κ2) is 9.74. The zero-order valence-electron chi connectivity index (χ0n) is 16.0. The van der Waals surface area contributed by atoms with Gasteiger partial charge in [-0.1, -0.05) is 29.5 Å². The molecule has 0 bridgehead atoms. The molecule has 1 amide bonds. The molecule has 8 nitrogen and oxygen atoms in total. The summed E-state index contributed by atoms with van der Waals surface area (Å²) >= 11 is 1.23. The predicted molar refractivity (Wildman–Crippen MR) is 111 cm³/mol. The molecule has 0 unspecified atom stereocenters. The summed E-state index contributed by atoms with van der Waals surface area (Å²) in [5, 5.41) is 11.6. The number of ether oxygens (including phenoxy) is 1. The lowest BCUT2D eigenvalue weighted by Crippen LogP contribution is -2.27. The number of para-hydroxylation sites is 1. The highest BCUT2D eigenvalue weighted by Gasteiger charge is 2.15. The van der Waals surface area contributed by atoms with Crippen LogP contribution in [-0.2, 0) is 21.2 Å². The number of benzene rings is 2. The summed E-state index contributed by atoms with van der Waals surface area (Å²) in [4.78, 5) is 12.0. The summed E-state index contributed by atoms with van der Waals surface area (Å²) in [5.41, 5.74) is 0.948. The molecule has 0 spiro atoms. The maximum atomic E-state index is 12.9. The van der Waals surface area contributed by atoms with E-state index in [-0.39, 0.29) is 17.9 Å². The highest BCUT2D eigenvalue weighted by atomic mass is 32.2. The van der Waals surface area contributed by atoms with Crippen LogP contribution in [0.15, 0.2) is 53.4 Å². The molecule has 3 rings (SSSR count). The second-order valence-corrected chi connectivity index (χ2v) is 8.97. The molecular weight excluding hydrogens is 431 g/mol. The SMILES string of the molecule is COc1ccccc1Cc1nnc(NC(=O)CCNS(=O)(=O)c2ccc(F)cc2)s1. The van der Waals surface area contributed by atoms with Gasteiger partial charge in [-0.3, -0.25) is 4.79 Å². The number of nitrogens with one attached hydrogen (secondary N) is 2. The van der Waals surface area contributed by atoms with Crippen molar-refractivity contribution < 1.29 is 22.3 Å². The van der Waals surface area contributed by atoms with Gasteiger partial charge in [0.05, 0.1) is 12.0 Å². The summed E-state index contributed by atoms with van der Waals surface area (Å²) in [5.74, 6) is -0.195. The molecule has 0 aliphatic rings. The topological polar surface area (TPSA) is 110 Å². The van der Waals surface area contributed by atoms with Gasteiger partial charge in [0.25, 0.3) is 0 Å². The Kier molecular flexibility index (Phi) is 7.08. The van der Waals surface area contributed by atoms with E-state index in [0.717, 1.165) is 35.6 Å². The lowest BCUT2D eigenvalue weighted by molar-refractivity contribution is -0.116. The largest absolute Gasteiger partial charge is 0.496 e. The van der Waals surface area contributed by atoms with Crippen molar-refractivity contribution in [3.63, 3.8) is 0 Å². The van der Waals surface area contributed by atoms with E-state index in [0.29, 0.717) is 16.6 Å². The van der Waals surface area contributed by atoms with Crippen LogP contribution in [-0.4, -0.2) is 38.2 Å². The number of nitrogens with zero attached hydrogens (tertiary/aromatic N) is 2. The molecular formula is C19H19FN4O4S2. The van der Waals surface area contributed by atoms with Gasteiger partial charge >= 0.3 is 0 Å². The molecule has 2 aromatic carbocycles. The van der Waals surface area contributed by atoms with Crippen molar-refractivity contribution in [2.45, 2.75) is 17.7 Å². The fraction of sp³-hybridized carbons (Fsp3) is 0.211. The molecule has 158 valence electrons. The van der Waals surface area contributed by atoms with Crippen molar-refractivity contribution >= 4 is 32.4 Å². The third-order valence-electron chi connectivity index (χ3n) is 4.02. The fourth-order valence-corrected chi connectivity index (χ4v) is 4.38. The zero-order valence-corrected chi connectivity index (χ0v) is 17.6. The minimum absolute atomic E-state index is 0.0746. The minimum atomic E-state index is -3.82. The number of amides is 1. The van der Waals surface area contributed by atoms with Crippen molar-refractivity contribution in [2.24, 2.45) is 0 Å². The van der Waals surface area contributed by atoms with Gasteiger partial charge in [-0.05, 0) is 30.3 Å². The maximum Gasteiger partial charge on any atom is 0.240 e. The number of methoxy groups -OCH3 is 1. The number of hydrogen-bond acceptors (Lipinski definition) is 7. The Morgan fingerprint density at radius 3 is 2.60 bits per heavy atom. The average molecular weight is 451 g/mol. The first-order chi connectivity index (χ1) is 14.4. The van der Waals surface area contributed by atoms with Crippen LogP contribution < -0.4 is 14.8 Å². The summed E-state index contributed by atoms with van der Waals surface area (Å²) in [6.45, 7) is -0.113. The van der Waals surface area contributed by atoms with E-state index in [1.807, 2.05) is 24.3 Å². The lowest BCUT2D eigenvalue weighted by atomic mass is 10.1. The van der Waals surface area contributed by atoms with Gasteiger partial charge in [-0.25, -0.2) is 17.5 Å². The Hall–Kier alpha value is -2.89. The van der Waals surface area contributed by atoms with E-state index in [1.54, 1.807) is 7.11 Å². The van der Waals surface area contributed by atoms with Gasteiger partial charge in [-0.2, -0.15) is 0 Å². The van der Waals surface area contributed by atoms with Crippen LogP contribution in [0.5, 0.6) is 5.75 Å². The van der Waals surface area contributed by atoms with Crippen LogP contribution in [0.1, 0.15) is 17.0 Å². The van der Waals surface area contributed by atoms with Crippen LogP contribution in [0.2, 0.25) is 0 Å². The molecule has 0 atom stereocenters. The van der Waals surface area contributed by atoms with Crippen molar-refractivity contribution in [1.82, 2.24) is 14.9 Å². The summed E-state index contributed by atoms with van der Waals surface area (Å²) in [6.07, 6.45) is 0.414. The normalized spacial score (nSPS) is 11.3. The summed E-state index contributed by atoms with van der Waals surface area (Å²) in [7, 11) is -2.22. The Bertz CT molecular complexity index is 1120. The predicted octanol–water partition coefficient (Wildman–Crippen LogP) is 2.58. The van der Waals surface area contributed by atoms with E-state index in [2.05, 4.69) is 20.2 Å². The molecule has 0 saturated carbocycles. The number of aromatic nitrogens is 2. The molecule has 3 aromatic rings. The molecule has 11 heteroatoms. The van der Waals surface area contributed by atoms with Gasteiger partial charge in [0.1, 0.15) is 16.6 Å². The molecule has 0 aliphatic carbocycles. The van der Waals surface area contributed by atoms with Crippen molar-refractivity contribution in [2.75, 3.05) is 19.0 Å². The van der Waals surface area contributed by atoms with Crippen LogP contribution in [0.3, 0.4) is 0 Å². The molecule has 0 aliphatic heterocycles. The van der Waals surface area contributed by atoms with Gasteiger partial charge in [0.2, 0.25) is 21.1 Å². The second-order valence-electron chi connectivity index (χ2n) is 6.14. The molecule has 0 fully saturated rings. The zero-order chi connectivity index (χ0) is 21.6. The van der Waals surface area contributed by atoms with Crippen LogP contribution in [0, 0.1) is 5.82 Å². The Labute approximate surface area is 177 Å². The van der Waals surface area contributed by atoms with Crippen LogP contribution in [0.25, 0.3) is 0 Å². The van der Waals surface area contributed by atoms with Gasteiger partial charge in [-0.15, -0.1) is 10.2 Å². The van der Waals surface area contributed by atoms with E-state index in [1.165, 1.54) is 11.3 Å². The number of carbonyl (C=O) groups excluding carboxylic acids is 1. The van der Waals surface area contributed by atoms with Crippen LogP contribution >= 0.6 is 11.3 Å². The first-order valence-electron chi connectivity index (χ1n) is 8.87. The van der Waals surface area contributed by atoms with E-state index in [9.17, 15) is 17.6 Å². The minimum Gasteiger partial charge on any atom is -0.496 e. The van der Waals surface area contributed by atoms with Crippen molar-refractivity contribution in [3.8, 4) is 5.75 Å². The molecule has 30 heavy (non-hydrogen) atoms. The van der Waals surface area contributed by atoms with Gasteiger partial charge in [0, 0.05) is 24.9 Å². The van der Waals surface area contributed by atoms with Gasteiger partial charge in [0.15, 0.2) is 0 Å².